The summed E-state index contributed by atoms with van der Waals surface area (Å²) in [6, 6.07) is 8.49. The molecule has 0 atom stereocenters. The van der Waals surface area contributed by atoms with E-state index in [0.29, 0.717) is 40.0 Å². The van der Waals surface area contributed by atoms with E-state index >= 15 is 0 Å². The lowest BCUT2D eigenvalue weighted by Crippen LogP contribution is -2.43. The molecule has 35 heavy (non-hydrogen) atoms. The highest BCUT2D eigenvalue weighted by atomic mass is 35.5. The highest BCUT2D eigenvalue weighted by Crippen LogP contribution is 2.40. The second-order valence-electron chi connectivity index (χ2n) is 7.01. The van der Waals surface area contributed by atoms with Crippen molar-refractivity contribution in [2.24, 2.45) is 0 Å². The second kappa shape index (κ2) is 9.15. The Kier molecular flexibility index (Phi) is 6.03. The number of alkyl halides is 2. The van der Waals surface area contributed by atoms with Gasteiger partial charge in [-0.3, -0.25) is 0 Å². The monoisotopic (exact) mass is 524 g/mol. The van der Waals surface area contributed by atoms with Gasteiger partial charge >= 0.3 is 5.13 Å². The molecule has 10 nitrogen and oxygen atoms in total. The lowest BCUT2D eigenvalue weighted by atomic mass is 10.2. The maximum absolute atomic E-state index is 13.4. The maximum atomic E-state index is 13.4. The van der Waals surface area contributed by atoms with E-state index in [1.165, 1.54) is 30.9 Å². The van der Waals surface area contributed by atoms with E-state index < -0.39 is 12.1 Å². The zero-order valence-electron chi connectivity index (χ0n) is 18.5. The van der Waals surface area contributed by atoms with E-state index in [1.807, 2.05) is 0 Å². The molecule has 14 heteroatoms. The minimum absolute atomic E-state index is 0.0820. The number of tetrazole rings is 1. The Morgan fingerprint density at radius 2 is 1.77 bits per heavy atom. The van der Waals surface area contributed by atoms with Crippen LogP contribution >= 0.6 is 22.9 Å². The van der Waals surface area contributed by atoms with Crippen LogP contribution in [0.5, 0.6) is 28.7 Å². The smallest absolute Gasteiger partial charge is 0.366 e. The van der Waals surface area contributed by atoms with E-state index in [2.05, 4.69) is 15.2 Å². The molecule has 4 aromatic rings. The summed E-state index contributed by atoms with van der Waals surface area (Å²) in [4.78, 5) is 6.63. The van der Waals surface area contributed by atoms with Crippen molar-refractivity contribution in [3.63, 3.8) is 0 Å². The van der Waals surface area contributed by atoms with Crippen molar-refractivity contribution in [2.75, 3.05) is 28.1 Å². The Morgan fingerprint density at radius 3 is 2.40 bits per heavy atom. The zero-order chi connectivity index (χ0) is 24.7. The molecule has 182 valence electrons. The van der Waals surface area contributed by atoms with Gasteiger partial charge in [-0.05, 0) is 44.2 Å². The van der Waals surface area contributed by atoms with Crippen LogP contribution in [0.25, 0.3) is 22.2 Å². The molecule has 0 fully saturated rings. The summed E-state index contributed by atoms with van der Waals surface area (Å²) in [5, 5.41) is 9.20. The largest absolute Gasteiger partial charge is 0.493 e. The summed E-state index contributed by atoms with van der Waals surface area (Å²) in [6.07, 6.45) is -2.85. The minimum atomic E-state index is -2.85. The van der Waals surface area contributed by atoms with Crippen LogP contribution in [-0.2, 0) is 0 Å². The Labute approximate surface area is 206 Å². The zero-order valence-corrected chi connectivity index (χ0v) is 20.1. The van der Waals surface area contributed by atoms with Crippen molar-refractivity contribution in [3.8, 4) is 51.0 Å². The number of aromatic nitrogens is 5. The second-order valence-corrected chi connectivity index (χ2v) is 8.59. The van der Waals surface area contributed by atoms with Crippen molar-refractivity contribution in [1.29, 1.82) is 0 Å². The normalized spacial score (nSPS) is 12.3. The predicted octanol–water partition coefficient (Wildman–Crippen LogP) is 4.01. The molecular formula is C21H17ClF2N5O5S+. The molecule has 1 aliphatic rings. The number of ether oxygens (including phenoxy) is 5. The Bertz CT molecular complexity index is 1390. The van der Waals surface area contributed by atoms with Gasteiger partial charge in [0.1, 0.15) is 10.0 Å². The molecule has 0 bridgehead atoms. The lowest BCUT2D eigenvalue weighted by Gasteiger charge is -2.13. The quantitative estimate of drug-likeness (QED) is 0.335. The summed E-state index contributed by atoms with van der Waals surface area (Å²) < 4.78 is 53.7. The van der Waals surface area contributed by atoms with Crippen LogP contribution in [0.4, 0.5) is 8.78 Å². The summed E-state index contributed by atoms with van der Waals surface area (Å²) in [5.41, 5.74) is 0.498. The van der Waals surface area contributed by atoms with Crippen molar-refractivity contribution in [3.05, 3.63) is 40.4 Å². The van der Waals surface area contributed by atoms with Gasteiger partial charge in [0.2, 0.25) is 18.2 Å². The molecule has 2 aromatic carbocycles. The van der Waals surface area contributed by atoms with Gasteiger partial charge in [-0.25, -0.2) is 8.78 Å². The number of hydrogen-bond acceptors (Lipinski definition) is 9. The number of nitrogens with zero attached hydrogens (tertiary/aromatic N) is 5. The van der Waals surface area contributed by atoms with Gasteiger partial charge in [-0.2, -0.15) is 0 Å². The summed E-state index contributed by atoms with van der Waals surface area (Å²) >= 11 is 6.87. The van der Waals surface area contributed by atoms with E-state index in [9.17, 15) is 8.78 Å². The highest BCUT2D eigenvalue weighted by molar-refractivity contribution is 7.17. The topological polar surface area (TPSA) is 93.6 Å². The lowest BCUT2D eigenvalue weighted by molar-refractivity contribution is -0.734. The number of methoxy groups -OCH3 is 3. The van der Waals surface area contributed by atoms with Crippen LogP contribution in [0, 0.1) is 0 Å². The number of benzene rings is 2. The number of fused-ring (bicyclic) bond motifs is 1. The first-order valence-corrected chi connectivity index (χ1v) is 11.2. The van der Waals surface area contributed by atoms with Crippen molar-refractivity contribution < 1.29 is 37.3 Å². The molecular weight excluding hydrogens is 508 g/mol. The molecule has 1 aliphatic heterocycles. The molecule has 0 amide bonds. The average molecular weight is 525 g/mol. The molecule has 0 N–H and O–H groups in total. The molecule has 0 aliphatic carbocycles. The van der Waals surface area contributed by atoms with Crippen LogP contribution in [-0.4, -0.2) is 48.1 Å². The third kappa shape index (κ3) is 4.06. The van der Waals surface area contributed by atoms with Gasteiger partial charge in [-0.1, -0.05) is 16.6 Å². The average Bonchev–Trinajstić information content (AvgIpc) is 3.60. The first kappa shape index (κ1) is 23.1. The fourth-order valence-electron chi connectivity index (χ4n) is 3.43. The molecule has 0 spiro atoms. The SMILES string of the molecule is COc1cc(-n2nc(-c3ccc4c(c3)OCO4)n[n+]2-c2nc(C(F)F)c(Cl)s2)cc(OC)c1OC. The minimum Gasteiger partial charge on any atom is -0.493 e. The predicted molar refractivity (Wildman–Crippen MR) is 120 cm³/mol. The molecule has 3 heterocycles. The van der Waals surface area contributed by atoms with Crippen LogP contribution in [0.3, 0.4) is 0 Å². The van der Waals surface area contributed by atoms with Gasteiger partial charge in [0.05, 0.1) is 21.3 Å². The van der Waals surface area contributed by atoms with Crippen LogP contribution in [0.2, 0.25) is 4.34 Å². The van der Waals surface area contributed by atoms with Gasteiger partial charge in [0, 0.05) is 22.8 Å². The van der Waals surface area contributed by atoms with Gasteiger partial charge in [-0.15, -0.1) is 0 Å². The van der Waals surface area contributed by atoms with Crippen molar-refractivity contribution in [1.82, 2.24) is 20.0 Å². The Hall–Kier alpha value is -3.71. The van der Waals surface area contributed by atoms with Crippen molar-refractivity contribution in [2.45, 2.75) is 6.43 Å². The standard InChI is InChI=1S/C21H17ClF2N5O5S/c1-30-14-7-11(8-15(31-2)17(14)32-3)28-26-20(10-4-5-12-13(6-10)34-9-33-12)27-29(28)21-25-16(19(23)24)18(22)35-21/h4-8,19H,9H2,1-3H3/q+1. The third-order valence-corrected chi connectivity index (χ3v) is 6.30. The highest BCUT2D eigenvalue weighted by Gasteiger charge is 2.31. The van der Waals surface area contributed by atoms with Gasteiger partial charge < -0.3 is 23.7 Å². The molecule has 0 radical (unpaired) electrons. The molecule has 0 unspecified atom stereocenters. The van der Waals surface area contributed by atoms with Gasteiger partial charge in [0.25, 0.3) is 12.2 Å². The molecule has 0 saturated heterocycles. The number of hydrogen-bond donors (Lipinski definition) is 0. The third-order valence-electron chi connectivity index (χ3n) is 5.05. The van der Waals surface area contributed by atoms with E-state index in [0.717, 1.165) is 11.3 Å². The summed E-state index contributed by atoms with van der Waals surface area (Å²) in [7, 11) is 4.44. The first-order chi connectivity index (χ1) is 16.9. The molecule has 0 saturated carbocycles. The number of halogens is 3. The fraction of sp³-hybridized carbons (Fsp3) is 0.238. The van der Waals surface area contributed by atoms with Crippen LogP contribution in [0.15, 0.2) is 30.3 Å². The Balaban J connectivity index is 1.71. The van der Waals surface area contributed by atoms with E-state index in [1.54, 1.807) is 30.3 Å². The van der Waals surface area contributed by atoms with E-state index in [4.69, 9.17) is 35.3 Å². The van der Waals surface area contributed by atoms with E-state index in [-0.39, 0.29) is 22.1 Å². The molecule has 5 rings (SSSR count). The summed E-state index contributed by atoms with van der Waals surface area (Å²) in [6.45, 7) is 0.111. The fourth-order valence-corrected chi connectivity index (χ4v) is 4.51. The molecule has 2 aromatic heterocycles. The Morgan fingerprint density at radius 1 is 1.06 bits per heavy atom. The number of rotatable bonds is 7. The number of thiazole rings is 1. The van der Waals surface area contributed by atoms with Crippen LogP contribution < -0.4 is 28.5 Å². The maximum Gasteiger partial charge on any atom is 0.366 e. The van der Waals surface area contributed by atoms with Crippen LogP contribution in [0.1, 0.15) is 12.1 Å². The first-order valence-electron chi connectivity index (χ1n) is 9.98. The van der Waals surface area contributed by atoms with Crippen molar-refractivity contribution >= 4 is 22.9 Å². The van der Waals surface area contributed by atoms with Gasteiger partial charge in [0.15, 0.2) is 23.0 Å². The summed E-state index contributed by atoms with van der Waals surface area (Å²) in [5.74, 6) is 2.49.